The molecular weight excluding hydrogens is 431 g/mol. The number of hydrogen-bond acceptors (Lipinski definition) is 6. The maximum atomic E-state index is 13.0. The topological polar surface area (TPSA) is 107 Å². The van der Waals surface area contributed by atoms with Gasteiger partial charge in [0.15, 0.2) is 0 Å². The molecule has 1 heterocycles. The predicted octanol–water partition coefficient (Wildman–Crippen LogP) is 3.46. The molecule has 0 spiro atoms. The maximum absolute atomic E-state index is 13.0. The highest BCUT2D eigenvalue weighted by molar-refractivity contribution is 8.26. The molecule has 3 N–H and O–H groups in total. The monoisotopic (exact) mass is 446 g/mol. The highest BCUT2D eigenvalue weighted by Gasteiger charge is 2.32. The summed E-state index contributed by atoms with van der Waals surface area (Å²) in [6.45, 7) is 0.0520. The van der Waals surface area contributed by atoms with Crippen LogP contribution < -0.4 is 5.32 Å². The van der Waals surface area contributed by atoms with Gasteiger partial charge in [0.2, 0.25) is 5.91 Å². The smallest absolute Gasteiger partial charge is 0.339 e. The number of carbonyl (C=O) groups excluding carboxylic acids is 2. The summed E-state index contributed by atoms with van der Waals surface area (Å²) in [6, 6.07) is 9.32. The Morgan fingerprint density at radius 2 is 1.90 bits per heavy atom. The number of carboxylic acid groups (broad SMARTS) is 1. The van der Waals surface area contributed by atoms with Crippen molar-refractivity contribution in [1.29, 1.82) is 0 Å². The molecule has 1 aliphatic rings. The fraction of sp³-hybridized carbons (Fsp3) is 0.100. The number of thioether (sulfide) groups is 1. The highest BCUT2D eigenvalue weighted by Crippen LogP contribution is 2.32. The van der Waals surface area contributed by atoms with Crippen LogP contribution in [-0.4, -0.2) is 43.8 Å². The van der Waals surface area contributed by atoms with E-state index in [1.165, 1.54) is 29.2 Å². The van der Waals surface area contributed by atoms with Crippen LogP contribution in [0.1, 0.15) is 22.3 Å². The van der Waals surface area contributed by atoms with Crippen LogP contribution in [0.4, 0.5) is 10.1 Å². The number of hydrogen-bond donors (Lipinski definition) is 3. The van der Waals surface area contributed by atoms with Crippen LogP contribution in [0.2, 0.25) is 0 Å². The molecule has 2 aromatic rings. The number of rotatable bonds is 6. The van der Waals surface area contributed by atoms with Gasteiger partial charge in [-0.3, -0.25) is 14.5 Å². The Labute approximate surface area is 180 Å². The zero-order chi connectivity index (χ0) is 21.8. The molecule has 2 aromatic carbocycles. The number of carboxylic acids is 1. The minimum atomic E-state index is -1.28. The lowest BCUT2D eigenvalue weighted by atomic mass is 10.2. The van der Waals surface area contributed by atoms with E-state index in [-0.39, 0.29) is 35.9 Å². The molecule has 0 saturated carbocycles. The molecule has 1 aliphatic heterocycles. The molecule has 0 radical (unpaired) electrons. The number of amides is 2. The molecule has 2 amide bonds. The van der Waals surface area contributed by atoms with E-state index in [4.69, 9.17) is 17.3 Å². The van der Waals surface area contributed by atoms with Gasteiger partial charge in [0, 0.05) is 24.7 Å². The van der Waals surface area contributed by atoms with Gasteiger partial charge in [-0.2, -0.15) is 0 Å². The van der Waals surface area contributed by atoms with E-state index in [9.17, 15) is 23.9 Å². The summed E-state index contributed by atoms with van der Waals surface area (Å²) in [5, 5.41) is 21.1. The van der Waals surface area contributed by atoms with E-state index in [0.29, 0.717) is 14.8 Å². The largest absolute Gasteiger partial charge is 0.507 e. The number of nitrogens with one attached hydrogen (secondary N) is 1. The molecule has 154 valence electrons. The summed E-state index contributed by atoms with van der Waals surface area (Å²) < 4.78 is 13.3. The first-order valence-corrected chi connectivity index (χ1v) is 9.84. The van der Waals surface area contributed by atoms with Gasteiger partial charge in [-0.1, -0.05) is 36.1 Å². The second-order valence-electron chi connectivity index (χ2n) is 6.22. The molecule has 1 fully saturated rings. The Balaban J connectivity index is 1.60. The van der Waals surface area contributed by atoms with E-state index >= 15 is 0 Å². The normalized spacial score (nSPS) is 15.0. The second-order valence-corrected chi connectivity index (χ2v) is 7.90. The van der Waals surface area contributed by atoms with Gasteiger partial charge in [-0.25, -0.2) is 9.18 Å². The summed E-state index contributed by atoms with van der Waals surface area (Å²) in [4.78, 5) is 37.3. The predicted molar refractivity (Wildman–Crippen MR) is 115 cm³/mol. The second kappa shape index (κ2) is 9.06. The summed E-state index contributed by atoms with van der Waals surface area (Å²) >= 11 is 6.31. The van der Waals surface area contributed by atoms with Crippen molar-refractivity contribution in [3.63, 3.8) is 0 Å². The molecule has 0 aromatic heterocycles. The van der Waals surface area contributed by atoms with Crippen LogP contribution in [0, 0.1) is 5.82 Å². The van der Waals surface area contributed by atoms with Crippen LogP contribution in [0.25, 0.3) is 6.08 Å². The van der Waals surface area contributed by atoms with Crippen molar-refractivity contribution in [2.75, 3.05) is 11.9 Å². The number of aromatic hydroxyl groups is 1. The van der Waals surface area contributed by atoms with Crippen molar-refractivity contribution in [2.24, 2.45) is 0 Å². The summed E-state index contributed by atoms with van der Waals surface area (Å²) in [6.07, 6.45) is 1.54. The van der Waals surface area contributed by atoms with Gasteiger partial charge in [0.05, 0.1) is 4.91 Å². The van der Waals surface area contributed by atoms with E-state index in [0.717, 1.165) is 17.8 Å². The average molecular weight is 446 g/mol. The highest BCUT2D eigenvalue weighted by atomic mass is 32.2. The first kappa shape index (κ1) is 21.5. The minimum absolute atomic E-state index is 0.0520. The van der Waals surface area contributed by atoms with Crippen LogP contribution in [0.3, 0.4) is 0 Å². The van der Waals surface area contributed by atoms with Crippen LogP contribution in [-0.2, 0) is 9.59 Å². The van der Waals surface area contributed by atoms with Crippen molar-refractivity contribution >= 4 is 57.8 Å². The van der Waals surface area contributed by atoms with Crippen LogP contribution in [0.15, 0.2) is 47.4 Å². The molecule has 0 atom stereocenters. The van der Waals surface area contributed by atoms with E-state index < -0.39 is 17.6 Å². The number of aromatic carboxylic acids is 1. The lowest BCUT2D eigenvalue weighted by Gasteiger charge is -2.14. The van der Waals surface area contributed by atoms with E-state index in [2.05, 4.69) is 5.32 Å². The minimum Gasteiger partial charge on any atom is -0.507 e. The first-order chi connectivity index (χ1) is 14.2. The third-order valence-corrected chi connectivity index (χ3v) is 5.49. The zero-order valence-corrected chi connectivity index (χ0v) is 16.9. The third kappa shape index (κ3) is 5.02. The SMILES string of the molecule is O=C(CCN1C(=O)C(=Cc2ccc(F)cc2)SC1=S)Nc1ccc(C(=O)O)c(O)c1. The molecule has 1 saturated heterocycles. The molecule has 30 heavy (non-hydrogen) atoms. The molecule has 3 rings (SSSR count). The Hall–Kier alpha value is -3.24. The number of benzene rings is 2. The quantitative estimate of drug-likeness (QED) is 0.461. The van der Waals surface area contributed by atoms with Crippen LogP contribution >= 0.6 is 24.0 Å². The van der Waals surface area contributed by atoms with Crippen molar-refractivity contribution in [2.45, 2.75) is 6.42 Å². The van der Waals surface area contributed by atoms with Crippen molar-refractivity contribution in [1.82, 2.24) is 4.90 Å². The Kier molecular flexibility index (Phi) is 6.48. The Bertz CT molecular complexity index is 1070. The first-order valence-electron chi connectivity index (χ1n) is 8.61. The number of anilines is 1. The van der Waals surface area contributed by atoms with E-state index in [1.807, 2.05) is 0 Å². The number of phenols is 1. The average Bonchev–Trinajstić information content (AvgIpc) is 2.94. The van der Waals surface area contributed by atoms with E-state index in [1.54, 1.807) is 18.2 Å². The molecular formula is C20H15FN2O5S2. The van der Waals surface area contributed by atoms with Gasteiger partial charge in [0.25, 0.3) is 5.91 Å². The van der Waals surface area contributed by atoms with Gasteiger partial charge in [0.1, 0.15) is 21.5 Å². The van der Waals surface area contributed by atoms with Crippen LogP contribution in [0.5, 0.6) is 5.75 Å². The summed E-state index contributed by atoms with van der Waals surface area (Å²) in [7, 11) is 0. The maximum Gasteiger partial charge on any atom is 0.339 e. The zero-order valence-electron chi connectivity index (χ0n) is 15.3. The van der Waals surface area contributed by atoms with Crippen molar-refractivity contribution < 1.29 is 29.0 Å². The summed E-state index contributed by atoms with van der Waals surface area (Å²) in [5.41, 5.74) is 0.599. The molecule has 0 unspecified atom stereocenters. The van der Waals surface area contributed by atoms with Crippen molar-refractivity contribution in [3.05, 3.63) is 64.3 Å². The Morgan fingerprint density at radius 3 is 2.53 bits per heavy atom. The fourth-order valence-corrected chi connectivity index (χ4v) is 3.94. The number of carbonyl (C=O) groups is 3. The van der Waals surface area contributed by atoms with Gasteiger partial charge in [-0.15, -0.1) is 0 Å². The number of nitrogens with zero attached hydrogens (tertiary/aromatic N) is 1. The standard InChI is InChI=1S/C20H15FN2O5S2/c21-12-3-1-11(2-4-12)9-16-18(26)23(20(29)30-16)8-7-17(25)22-13-5-6-14(19(27)28)15(24)10-13/h1-6,9-10,24H,7-8H2,(H,22,25)(H,27,28). The fourth-order valence-electron chi connectivity index (χ4n) is 2.63. The number of thiocarbonyl (C=S) groups is 1. The molecule has 10 heteroatoms. The summed E-state index contributed by atoms with van der Waals surface area (Å²) in [5.74, 6) is -2.91. The van der Waals surface area contributed by atoms with Gasteiger partial charge >= 0.3 is 5.97 Å². The molecule has 7 nitrogen and oxygen atoms in total. The molecule has 0 bridgehead atoms. The lowest BCUT2D eigenvalue weighted by Crippen LogP contribution is -2.31. The lowest BCUT2D eigenvalue weighted by molar-refractivity contribution is -0.122. The molecule has 0 aliphatic carbocycles. The van der Waals surface area contributed by atoms with Crippen molar-refractivity contribution in [3.8, 4) is 5.75 Å². The third-order valence-electron chi connectivity index (χ3n) is 4.12. The number of halogens is 1. The Morgan fingerprint density at radius 1 is 1.20 bits per heavy atom. The van der Waals surface area contributed by atoms with Gasteiger partial charge in [-0.05, 0) is 35.9 Å². The van der Waals surface area contributed by atoms with Gasteiger partial charge < -0.3 is 15.5 Å².